The minimum atomic E-state index is -0.783. The molecule has 0 amide bonds. The number of nitrogens with zero attached hydrogens (tertiary/aromatic N) is 3. The van der Waals surface area contributed by atoms with E-state index in [2.05, 4.69) is 20.8 Å². The maximum absolute atomic E-state index is 13.0. The summed E-state index contributed by atoms with van der Waals surface area (Å²) >= 11 is 0. The normalized spacial score (nSPS) is 19.7. The number of carbonyl (C=O) groups is 1. The fourth-order valence-corrected chi connectivity index (χ4v) is 4.04. The van der Waals surface area contributed by atoms with E-state index in [0.29, 0.717) is 12.3 Å². The van der Waals surface area contributed by atoms with Crippen molar-refractivity contribution in [3.63, 3.8) is 0 Å². The molecular weight excluding hydrogens is 378 g/mol. The second-order valence-corrected chi connectivity index (χ2v) is 7.66. The van der Waals surface area contributed by atoms with Gasteiger partial charge in [-0.2, -0.15) is 0 Å². The lowest BCUT2D eigenvalue weighted by Gasteiger charge is -2.18. The molecule has 0 saturated carbocycles. The average Bonchev–Trinajstić information content (AvgIpc) is 3.21. The number of ketones is 1. The van der Waals surface area contributed by atoms with Crippen molar-refractivity contribution in [1.82, 2.24) is 15.5 Å². The van der Waals surface area contributed by atoms with E-state index in [-0.39, 0.29) is 17.7 Å². The lowest BCUT2D eigenvalue weighted by molar-refractivity contribution is -0.119. The highest BCUT2D eigenvalue weighted by atomic mass is 16.4. The van der Waals surface area contributed by atoms with Crippen LogP contribution in [0.5, 0.6) is 0 Å². The minimum absolute atomic E-state index is 0.0324. The molecule has 1 saturated heterocycles. The number of rotatable bonds is 4. The van der Waals surface area contributed by atoms with Gasteiger partial charge in [0.15, 0.2) is 11.9 Å². The fourth-order valence-electron chi connectivity index (χ4n) is 4.04. The molecule has 0 unspecified atom stereocenters. The first-order chi connectivity index (χ1) is 14.8. The van der Waals surface area contributed by atoms with Gasteiger partial charge in [0.05, 0.1) is 5.71 Å². The maximum Gasteiger partial charge on any atom is 0.317 e. The van der Waals surface area contributed by atoms with Crippen LogP contribution in [-0.2, 0) is 11.2 Å². The third kappa shape index (κ3) is 3.76. The fraction of sp³-hybridized carbons (Fsp3) is 0.304. The van der Waals surface area contributed by atoms with E-state index < -0.39 is 6.17 Å². The van der Waals surface area contributed by atoms with E-state index in [9.17, 15) is 4.79 Å². The molecule has 0 radical (unpaired) electrons. The van der Waals surface area contributed by atoms with Crippen molar-refractivity contribution in [2.24, 2.45) is 4.99 Å². The monoisotopic (exact) mass is 401 g/mol. The van der Waals surface area contributed by atoms with Crippen molar-refractivity contribution >= 4 is 17.5 Å². The van der Waals surface area contributed by atoms with Crippen LogP contribution in [0.25, 0.3) is 0 Å². The number of aromatic nitrogens is 2. The summed E-state index contributed by atoms with van der Waals surface area (Å²) < 4.78 is 5.85. The summed E-state index contributed by atoms with van der Waals surface area (Å²) in [5.74, 6) is 0.845. The van der Waals surface area contributed by atoms with Gasteiger partial charge < -0.3 is 15.1 Å². The topological polar surface area (TPSA) is 92.4 Å². The van der Waals surface area contributed by atoms with Gasteiger partial charge in [0.1, 0.15) is 0 Å². The summed E-state index contributed by atoms with van der Waals surface area (Å²) in [5, 5.41) is 14.7. The summed E-state index contributed by atoms with van der Waals surface area (Å²) in [5.41, 5.74) is 3.69. The highest BCUT2D eigenvalue weighted by Gasteiger charge is 2.28. The Morgan fingerprint density at radius 1 is 0.967 bits per heavy atom. The number of hydrogen-bond acceptors (Lipinski definition) is 7. The summed E-state index contributed by atoms with van der Waals surface area (Å²) in [4.78, 5) is 17.8. The number of carbonyl (C=O) groups excluding carboxylic acids is 1. The Balaban J connectivity index is 1.46. The Morgan fingerprint density at radius 2 is 1.73 bits per heavy atom. The average molecular weight is 401 g/mol. The lowest BCUT2D eigenvalue weighted by Crippen LogP contribution is -2.29. The summed E-state index contributed by atoms with van der Waals surface area (Å²) in [6, 6.07) is 18.1. The van der Waals surface area contributed by atoms with E-state index in [0.717, 1.165) is 48.3 Å². The number of aliphatic imine (C=N–C) groups is 1. The van der Waals surface area contributed by atoms with Crippen LogP contribution in [0.4, 0.5) is 6.01 Å². The quantitative estimate of drug-likeness (QED) is 0.698. The number of hydrogen-bond donors (Lipinski definition) is 2. The van der Waals surface area contributed by atoms with E-state index >= 15 is 0 Å². The molecule has 1 fully saturated rings. The molecule has 3 aromatic rings. The van der Waals surface area contributed by atoms with Crippen LogP contribution < -0.4 is 10.6 Å². The van der Waals surface area contributed by atoms with Gasteiger partial charge in [-0.25, -0.2) is 0 Å². The minimum Gasteiger partial charge on any atom is -0.408 e. The van der Waals surface area contributed by atoms with Gasteiger partial charge >= 0.3 is 6.01 Å². The van der Waals surface area contributed by atoms with Gasteiger partial charge in [-0.3, -0.25) is 9.79 Å². The van der Waals surface area contributed by atoms with Gasteiger partial charge in [-0.05, 0) is 31.5 Å². The van der Waals surface area contributed by atoms with Crippen molar-refractivity contribution in [3.8, 4) is 0 Å². The Kier molecular flexibility index (Phi) is 5.11. The molecule has 5 rings (SSSR count). The molecule has 0 bridgehead atoms. The molecular formula is C23H23N5O2. The number of fused-ring (bicyclic) bond motifs is 1. The molecule has 1 aromatic heterocycles. The first-order valence-electron chi connectivity index (χ1n) is 10.3. The SMILES string of the molecule is O=C1Cc2ccccc2C(c2ccccc2)=N[C@@H]1Nc1nnc(C2CCNCC2)o1. The molecule has 7 heteroatoms. The molecule has 2 aliphatic rings. The zero-order chi connectivity index (χ0) is 20.3. The Labute approximate surface area is 174 Å². The van der Waals surface area contributed by atoms with Crippen LogP contribution in [0.1, 0.15) is 41.3 Å². The van der Waals surface area contributed by atoms with Gasteiger partial charge in [0.2, 0.25) is 5.89 Å². The molecule has 1 atom stereocenters. The predicted molar refractivity (Wildman–Crippen MR) is 114 cm³/mol. The van der Waals surface area contributed by atoms with Crippen molar-refractivity contribution in [2.75, 3.05) is 18.4 Å². The van der Waals surface area contributed by atoms with Crippen LogP contribution in [-0.4, -0.2) is 40.9 Å². The van der Waals surface area contributed by atoms with E-state index in [1.54, 1.807) is 0 Å². The van der Waals surface area contributed by atoms with Crippen LogP contribution >= 0.6 is 0 Å². The van der Waals surface area contributed by atoms with Gasteiger partial charge in [-0.1, -0.05) is 59.7 Å². The molecule has 30 heavy (non-hydrogen) atoms. The molecule has 0 aliphatic carbocycles. The van der Waals surface area contributed by atoms with Crippen molar-refractivity contribution in [3.05, 3.63) is 77.2 Å². The Morgan fingerprint density at radius 3 is 2.57 bits per heavy atom. The highest BCUT2D eigenvalue weighted by molar-refractivity contribution is 6.16. The first kappa shape index (κ1) is 18.7. The highest BCUT2D eigenvalue weighted by Crippen LogP contribution is 2.26. The third-order valence-corrected chi connectivity index (χ3v) is 5.64. The number of anilines is 1. The van der Waals surface area contributed by atoms with Crippen LogP contribution in [0, 0.1) is 0 Å². The van der Waals surface area contributed by atoms with E-state index in [4.69, 9.17) is 9.41 Å². The standard InChI is InChI=1S/C23H23N5O2/c29-19-14-17-8-4-5-9-18(17)20(15-6-2-1-3-7-15)25-21(19)26-23-28-27-22(30-23)16-10-12-24-13-11-16/h1-9,16,21,24H,10-14H2,(H,26,28)/t21-/m1/s1. The van der Waals surface area contributed by atoms with Gasteiger partial charge in [0.25, 0.3) is 0 Å². The number of piperidine rings is 1. The molecule has 2 N–H and O–H groups in total. The largest absolute Gasteiger partial charge is 0.408 e. The molecule has 2 aliphatic heterocycles. The zero-order valence-electron chi connectivity index (χ0n) is 16.5. The molecule has 3 heterocycles. The van der Waals surface area contributed by atoms with Crippen molar-refractivity contribution < 1.29 is 9.21 Å². The second kappa shape index (κ2) is 8.20. The van der Waals surface area contributed by atoms with Crippen molar-refractivity contribution in [2.45, 2.75) is 31.3 Å². The second-order valence-electron chi connectivity index (χ2n) is 7.66. The zero-order valence-corrected chi connectivity index (χ0v) is 16.5. The number of benzene rings is 2. The smallest absolute Gasteiger partial charge is 0.317 e. The predicted octanol–water partition coefficient (Wildman–Crippen LogP) is 2.94. The molecule has 2 aromatic carbocycles. The van der Waals surface area contributed by atoms with E-state index in [1.807, 2.05) is 54.6 Å². The molecule has 152 valence electrons. The summed E-state index contributed by atoms with van der Waals surface area (Å²) in [6.07, 6.45) is 1.45. The number of nitrogens with one attached hydrogen (secondary N) is 2. The lowest BCUT2D eigenvalue weighted by atomic mass is 9.96. The molecule has 0 spiro atoms. The van der Waals surface area contributed by atoms with Crippen molar-refractivity contribution in [1.29, 1.82) is 0 Å². The Hall–Kier alpha value is -3.32. The first-order valence-corrected chi connectivity index (χ1v) is 10.3. The molecule has 7 nitrogen and oxygen atoms in total. The maximum atomic E-state index is 13.0. The van der Waals surface area contributed by atoms with Crippen LogP contribution in [0.2, 0.25) is 0 Å². The summed E-state index contributed by atoms with van der Waals surface area (Å²) in [6.45, 7) is 1.89. The number of Topliss-reactive ketones (excluding diaryl/α,β-unsaturated/α-hetero) is 1. The van der Waals surface area contributed by atoms with Crippen LogP contribution in [0.15, 0.2) is 64.0 Å². The Bertz CT molecular complexity index is 1070. The third-order valence-electron chi connectivity index (χ3n) is 5.64. The van der Waals surface area contributed by atoms with Gasteiger partial charge in [0, 0.05) is 23.5 Å². The summed E-state index contributed by atoms with van der Waals surface area (Å²) in [7, 11) is 0. The van der Waals surface area contributed by atoms with Gasteiger partial charge in [-0.15, -0.1) is 5.10 Å². The van der Waals surface area contributed by atoms with Crippen LogP contribution in [0.3, 0.4) is 0 Å². The van der Waals surface area contributed by atoms with E-state index in [1.165, 1.54) is 0 Å².